The Hall–Kier alpha value is -1.49. The van der Waals surface area contributed by atoms with Crippen molar-refractivity contribution in [2.45, 2.75) is 37.9 Å². The minimum atomic E-state index is -0.764. The van der Waals surface area contributed by atoms with Crippen LogP contribution in [-0.2, 0) is 15.3 Å². The summed E-state index contributed by atoms with van der Waals surface area (Å²) in [7, 11) is 0. The monoisotopic (exact) mass is 307 g/mol. The Bertz CT molecular complexity index is 498. The fraction of sp³-hybridized carbons (Fsp3) is 0.500. The summed E-state index contributed by atoms with van der Waals surface area (Å²) < 4.78 is 0. The molecule has 0 atom stereocenters. The van der Waals surface area contributed by atoms with E-state index in [4.69, 9.17) is 5.11 Å². The van der Waals surface area contributed by atoms with Crippen LogP contribution in [0.15, 0.2) is 24.3 Å². The van der Waals surface area contributed by atoms with Crippen molar-refractivity contribution in [2.24, 2.45) is 5.92 Å². The van der Waals surface area contributed by atoms with Gasteiger partial charge in [-0.15, -0.1) is 0 Å². The van der Waals surface area contributed by atoms with Crippen LogP contribution < -0.4 is 5.32 Å². The summed E-state index contributed by atoms with van der Waals surface area (Å²) in [6, 6.07) is 7.80. The van der Waals surface area contributed by atoms with E-state index in [-0.39, 0.29) is 18.2 Å². The Kier molecular flexibility index (Phi) is 6.11. The number of carbonyl (C=O) groups is 2. The third-order valence-corrected chi connectivity index (χ3v) is 4.68. The maximum atomic E-state index is 12.1. The van der Waals surface area contributed by atoms with Crippen molar-refractivity contribution >= 4 is 29.3 Å². The van der Waals surface area contributed by atoms with Crippen LogP contribution in [0.1, 0.15) is 37.7 Å². The molecule has 1 aliphatic rings. The summed E-state index contributed by atoms with van der Waals surface area (Å²) in [5.74, 6) is 0.899. The number of aliphatic carboxylic acids is 1. The second kappa shape index (κ2) is 8.08. The van der Waals surface area contributed by atoms with Gasteiger partial charge in [-0.1, -0.05) is 25.0 Å². The number of amides is 1. The molecule has 114 valence electrons. The molecule has 0 bridgehead atoms. The van der Waals surface area contributed by atoms with E-state index in [0.29, 0.717) is 5.75 Å². The van der Waals surface area contributed by atoms with Crippen LogP contribution >= 0.6 is 11.8 Å². The van der Waals surface area contributed by atoms with Gasteiger partial charge in [-0.2, -0.15) is 11.8 Å². The first-order valence-electron chi connectivity index (χ1n) is 7.34. The number of hydrogen-bond donors (Lipinski definition) is 2. The van der Waals surface area contributed by atoms with E-state index in [0.717, 1.165) is 42.7 Å². The van der Waals surface area contributed by atoms with Crippen molar-refractivity contribution in [3.8, 4) is 0 Å². The van der Waals surface area contributed by atoms with E-state index in [2.05, 4.69) is 5.32 Å². The molecule has 1 amide bonds. The summed E-state index contributed by atoms with van der Waals surface area (Å²) >= 11 is 1.59. The lowest BCUT2D eigenvalue weighted by molar-refractivity contribution is -0.136. The molecule has 2 N–H and O–H groups in total. The second-order valence-electron chi connectivity index (χ2n) is 5.37. The number of hydrogen-bond acceptors (Lipinski definition) is 3. The van der Waals surface area contributed by atoms with Gasteiger partial charge in [-0.25, -0.2) is 0 Å². The highest BCUT2D eigenvalue weighted by atomic mass is 32.2. The lowest BCUT2D eigenvalue weighted by atomic mass is 10.1. The van der Waals surface area contributed by atoms with Crippen LogP contribution in [0.5, 0.6) is 0 Å². The van der Waals surface area contributed by atoms with Crippen molar-refractivity contribution in [1.29, 1.82) is 0 Å². The minimum absolute atomic E-state index is 0.128. The maximum absolute atomic E-state index is 12.1. The number of carboxylic acid groups (broad SMARTS) is 1. The Morgan fingerprint density at radius 3 is 2.76 bits per heavy atom. The molecule has 1 aromatic rings. The molecule has 0 aliphatic heterocycles. The van der Waals surface area contributed by atoms with Crippen LogP contribution in [0.3, 0.4) is 0 Å². The molecular formula is C16H21NO3S. The molecule has 1 aromatic carbocycles. The Labute approximate surface area is 129 Å². The largest absolute Gasteiger partial charge is 0.481 e. The lowest BCUT2D eigenvalue weighted by Crippen LogP contribution is -2.20. The van der Waals surface area contributed by atoms with E-state index in [1.807, 2.05) is 24.3 Å². The number of carboxylic acids is 1. The molecule has 0 aromatic heterocycles. The van der Waals surface area contributed by atoms with Crippen molar-refractivity contribution in [3.63, 3.8) is 0 Å². The molecule has 4 nitrogen and oxygen atoms in total. The Balaban J connectivity index is 1.82. The van der Waals surface area contributed by atoms with Crippen LogP contribution in [0.4, 0.5) is 5.69 Å². The molecule has 0 saturated heterocycles. The zero-order valence-electron chi connectivity index (χ0n) is 12.0. The summed E-state index contributed by atoms with van der Waals surface area (Å²) in [6.45, 7) is 0. The number of thioether (sulfide) groups is 1. The average molecular weight is 307 g/mol. The number of nitrogens with one attached hydrogen (secondary N) is 1. The molecular weight excluding hydrogens is 286 g/mol. The number of carbonyl (C=O) groups excluding carboxylic acids is 1. The standard InChI is InChI=1S/C16H21NO3S/c18-15(19)8-9-21-11-12-4-3-7-14(10-12)17-16(20)13-5-1-2-6-13/h3-4,7,10,13H,1-2,5-6,8-9,11H2,(H,17,20)(H,18,19). The third kappa shape index (κ3) is 5.42. The summed E-state index contributed by atoms with van der Waals surface area (Å²) in [5, 5.41) is 11.6. The van der Waals surface area contributed by atoms with Crippen LogP contribution in [0, 0.1) is 5.92 Å². The molecule has 1 fully saturated rings. The average Bonchev–Trinajstić information content (AvgIpc) is 2.98. The Morgan fingerprint density at radius 2 is 2.05 bits per heavy atom. The first-order valence-corrected chi connectivity index (χ1v) is 8.50. The van der Waals surface area contributed by atoms with Gasteiger partial charge in [0, 0.05) is 23.1 Å². The van der Waals surface area contributed by atoms with Crippen molar-refractivity contribution < 1.29 is 14.7 Å². The van der Waals surface area contributed by atoms with Crippen LogP contribution in [-0.4, -0.2) is 22.7 Å². The number of anilines is 1. The highest BCUT2D eigenvalue weighted by Crippen LogP contribution is 2.26. The predicted molar refractivity (Wildman–Crippen MR) is 85.4 cm³/mol. The summed E-state index contributed by atoms with van der Waals surface area (Å²) in [4.78, 5) is 22.5. The predicted octanol–water partition coefficient (Wildman–Crippen LogP) is 3.52. The van der Waals surface area contributed by atoms with Gasteiger partial charge in [0.1, 0.15) is 0 Å². The van der Waals surface area contributed by atoms with E-state index < -0.39 is 5.97 Å². The van der Waals surface area contributed by atoms with Gasteiger partial charge >= 0.3 is 5.97 Å². The molecule has 0 unspecified atom stereocenters. The minimum Gasteiger partial charge on any atom is -0.481 e. The molecule has 2 rings (SSSR count). The van der Waals surface area contributed by atoms with Gasteiger partial charge in [0.05, 0.1) is 6.42 Å². The van der Waals surface area contributed by atoms with Gasteiger partial charge in [0.15, 0.2) is 0 Å². The molecule has 5 heteroatoms. The number of benzene rings is 1. The van der Waals surface area contributed by atoms with Crippen molar-refractivity contribution in [1.82, 2.24) is 0 Å². The van der Waals surface area contributed by atoms with Gasteiger partial charge in [0.25, 0.3) is 0 Å². The van der Waals surface area contributed by atoms with Gasteiger partial charge in [0.2, 0.25) is 5.91 Å². The fourth-order valence-corrected chi connectivity index (χ4v) is 3.40. The van der Waals surface area contributed by atoms with Gasteiger partial charge in [-0.3, -0.25) is 9.59 Å². The highest BCUT2D eigenvalue weighted by Gasteiger charge is 2.22. The topological polar surface area (TPSA) is 66.4 Å². The molecule has 21 heavy (non-hydrogen) atoms. The normalized spacial score (nSPS) is 15.0. The second-order valence-corrected chi connectivity index (χ2v) is 6.47. The van der Waals surface area contributed by atoms with E-state index in [1.165, 1.54) is 0 Å². The highest BCUT2D eigenvalue weighted by molar-refractivity contribution is 7.98. The maximum Gasteiger partial charge on any atom is 0.304 e. The number of rotatable bonds is 7. The first-order chi connectivity index (χ1) is 10.1. The fourth-order valence-electron chi connectivity index (χ4n) is 2.52. The molecule has 0 spiro atoms. The van der Waals surface area contributed by atoms with Crippen molar-refractivity contribution in [2.75, 3.05) is 11.1 Å². The molecule has 1 aliphatic carbocycles. The summed E-state index contributed by atoms with van der Waals surface area (Å²) in [5.41, 5.74) is 1.94. The SMILES string of the molecule is O=C(O)CCSCc1cccc(NC(=O)C2CCCC2)c1. The van der Waals surface area contributed by atoms with E-state index in [9.17, 15) is 9.59 Å². The van der Waals surface area contributed by atoms with Crippen LogP contribution in [0.25, 0.3) is 0 Å². The van der Waals surface area contributed by atoms with E-state index >= 15 is 0 Å². The van der Waals surface area contributed by atoms with Crippen molar-refractivity contribution in [3.05, 3.63) is 29.8 Å². The van der Waals surface area contributed by atoms with Gasteiger partial charge < -0.3 is 10.4 Å². The Morgan fingerprint density at radius 1 is 1.29 bits per heavy atom. The molecule has 0 heterocycles. The molecule has 1 saturated carbocycles. The lowest BCUT2D eigenvalue weighted by Gasteiger charge is -2.11. The smallest absolute Gasteiger partial charge is 0.304 e. The molecule has 0 radical (unpaired) electrons. The third-order valence-electron chi connectivity index (χ3n) is 3.65. The van der Waals surface area contributed by atoms with Crippen LogP contribution in [0.2, 0.25) is 0 Å². The summed E-state index contributed by atoms with van der Waals surface area (Å²) in [6.07, 6.45) is 4.48. The quantitative estimate of drug-likeness (QED) is 0.756. The van der Waals surface area contributed by atoms with E-state index in [1.54, 1.807) is 11.8 Å². The zero-order valence-corrected chi connectivity index (χ0v) is 12.8. The van der Waals surface area contributed by atoms with Gasteiger partial charge in [-0.05, 0) is 30.5 Å². The zero-order chi connectivity index (χ0) is 15.1. The first kappa shape index (κ1) is 15.9.